The van der Waals surface area contributed by atoms with E-state index in [2.05, 4.69) is 5.48 Å². The van der Waals surface area contributed by atoms with E-state index in [0.29, 0.717) is 13.2 Å². The molecule has 9 heavy (non-hydrogen) atoms. The van der Waals surface area contributed by atoms with E-state index in [1.54, 1.807) is 11.8 Å². The van der Waals surface area contributed by atoms with Crippen molar-refractivity contribution in [2.75, 3.05) is 18.9 Å². The first kappa shape index (κ1) is 7.05. The number of thioether (sulfide) groups is 1. The Bertz CT molecular complexity index is 91.0. The molecule has 0 aromatic heterocycles. The molecule has 1 aliphatic rings. The van der Waals surface area contributed by atoms with Gasteiger partial charge in [0.1, 0.15) is 0 Å². The van der Waals surface area contributed by atoms with Gasteiger partial charge in [-0.2, -0.15) is 0 Å². The SMILES string of the molecule is O=[C]C1CNOCCS1. The summed E-state index contributed by atoms with van der Waals surface area (Å²) in [5, 5.41) is -0.0486. The topological polar surface area (TPSA) is 38.3 Å². The number of hydroxylamine groups is 1. The first-order valence-corrected chi connectivity index (χ1v) is 3.82. The van der Waals surface area contributed by atoms with Gasteiger partial charge in [-0.1, -0.05) is 0 Å². The molecule has 4 heteroatoms. The van der Waals surface area contributed by atoms with Gasteiger partial charge in [0.2, 0.25) is 6.29 Å². The molecule has 1 radical (unpaired) electrons. The molecule has 51 valence electrons. The number of nitrogens with one attached hydrogen (secondary N) is 1. The third kappa shape index (κ3) is 2.34. The standard InChI is InChI=1S/C5H8NO2S/c7-4-5-3-6-8-1-2-9-5/h5-6H,1-3H2. The summed E-state index contributed by atoms with van der Waals surface area (Å²) in [5.41, 5.74) is 2.66. The highest BCUT2D eigenvalue weighted by atomic mass is 32.2. The number of hydrogen-bond donors (Lipinski definition) is 1. The zero-order valence-corrected chi connectivity index (χ0v) is 5.74. The number of hydrogen-bond acceptors (Lipinski definition) is 4. The third-order valence-corrected chi connectivity index (χ3v) is 2.07. The van der Waals surface area contributed by atoms with Crippen LogP contribution in [-0.2, 0) is 9.63 Å². The minimum absolute atomic E-state index is 0.0486. The van der Waals surface area contributed by atoms with Crippen molar-refractivity contribution in [2.45, 2.75) is 5.25 Å². The Morgan fingerprint density at radius 1 is 1.78 bits per heavy atom. The van der Waals surface area contributed by atoms with Crippen LogP contribution >= 0.6 is 11.8 Å². The van der Waals surface area contributed by atoms with E-state index < -0.39 is 0 Å². The van der Waals surface area contributed by atoms with E-state index in [9.17, 15) is 4.79 Å². The zero-order valence-electron chi connectivity index (χ0n) is 4.92. The quantitative estimate of drug-likeness (QED) is 0.553. The summed E-state index contributed by atoms with van der Waals surface area (Å²) in [7, 11) is 0. The summed E-state index contributed by atoms with van der Waals surface area (Å²) in [6.45, 7) is 1.25. The van der Waals surface area contributed by atoms with Gasteiger partial charge in [0.25, 0.3) is 0 Å². The Morgan fingerprint density at radius 3 is 3.44 bits per heavy atom. The van der Waals surface area contributed by atoms with Gasteiger partial charge in [-0.15, -0.1) is 11.8 Å². The summed E-state index contributed by atoms with van der Waals surface area (Å²) < 4.78 is 0. The summed E-state index contributed by atoms with van der Waals surface area (Å²) in [6.07, 6.45) is 1.91. The molecule has 1 rings (SSSR count). The molecule has 1 unspecified atom stereocenters. The number of carbonyl (C=O) groups excluding carboxylic acids is 1. The maximum atomic E-state index is 10.1. The van der Waals surface area contributed by atoms with Gasteiger partial charge in [0.15, 0.2) is 0 Å². The minimum atomic E-state index is -0.0486. The van der Waals surface area contributed by atoms with Gasteiger partial charge in [-0.3, -0.25) is 4.79 Å². The van der Waals surface area contributed by atoms with Gasteiger partial charge in [-0.05, 0) is 0 Å². The van der Waals surface area contributed by atoms with Crippen LogP contribution in [0.4, 0.5) is 0 Å². The fourth-order valence-corrected chi connectivity index (χ4v) is 1.29. The molecule has 0 bridgehead atoms. The van der Waals surface area contributed by atoms with Crippen molar-refractivity contribution in [1.82, 2.24) is 5.48 Å². The van der Waals surface area contributed by atoms with E-state index in [1.165, 1.54) is 0 Å². The van der Waals surface area contributed by atoms with Crippen molar-refractivity contribution < 1.29 is 9.63 Å². The molecule has 1 heterocycles. The Morgan fingerprint density at radius 2 is 2.67 bits per heavy atom. The van der Waals surface area contributed by atoms with Crippen molar-refractivity contribution in [3.63, 3.8) is 0 Å². The van der Waals surface area contributed by atoms with Crippen LogP contribution in [0.3, 0.4) is 0 Å². The van der Waals surface area contributed by atoms with Crippen LogP contribution < -0.4 is 5.48 Å². The van der Waals surface area contributed by atoms with Gasteiger partial charge >= 0.3 is 0 Å². The Labute approximate surface area is 58.1 Å². The molecule has 0 aliphatic carbocycles. The predicted molar refractivity (Wildman–Crippen MR) is 35.9 cm³/mol. The van der Waals surface area contributed by atoms with Crippen LogP contribution in [0.5, 0.6) is 0 Å². The second kappa shape index (κ2) is 3.87. The van der Waals surface area contributed by atoms with Crippen LogP contribution in [0.2, 0.25) is 0 Å². The maximum Gasteiger partial charge on any atom is 0.213 e. The highest BCUT2D eigenvalue weighted by molar-refractivity contribution is 8.00. The Balaban J connectivity index is 2.26. The smallest absolute Gasteiger partial charge is 0.213 e. The molecule has 1 saturated heterocycles. The molecule has 1 atom stereocenters. The summed E-state index contributed by atoms with van der Waals surface area (Å²) in [5.74, 6) is 0.868. The van der Waals surface area contributed by atoms with E-state index in [1.807, 2.05) is 6.29 Å². The van der Waals surface area contributed by atoms with Crippen LogP contribution in [0.15, 0.2) is 0 Å². The summed E-state index contributed by atoms with van der Waals surface area (Å²) in [4.78, 5) is 14.9. The first-order valence-electron chi connectivity index (χ1n) is 2.77. The summed E-state index contributed by atoms with van der Waals surface area (Å²) >= 11 is 1.57. The molecule has 0 aromatic carbocycles. The second-order valence-corrected chi connectivity index (χ2v) is 2.98. The largest absolute Gasteiger partial charge is 0.301 e. The molecule has 1 fully saturated rings. The van der Waals surface area contributed by atoms with Crippen molar-refractivity contribution >= 4 is 18.0 Å². The minimum Gasteiger partial charge on any atom is -0.301 e. The molecular formula is C5H8NO2S. The van der Waals surface area contributed by atoms with Crippen molar-refractivity contribution in [3.05, 3.63) is 0 Å². The predicted octanol–water partition coefficient (Wildman–Crippen LogP) is -0.267. The average molecular weight is 146 g/mol. The molecule has 3 nitrogen and oxygen atoms in total. The molecule has 0 aromatic rings. The second-order valence-electron chi connectivity index (χ2n) is 1.67. The van der Waals surface area contributed by atoms with Gasteiger partial charge in [-0.25, -0.2) is 5.48 Å². The first-order chi connectivity index (χ1) is 4.43. The van der Waals surface area contributed by atoms with Gasteiger partial charge < -0.3 is 4.84 Å². The normalized spacial score (nSPS) is 29.1. The molecule has 0 spiro atoms. The van der Waals surface area contributed by atoms with E-state index in [4.69, 9.17) is 4.84 Å². The van der Waals surface area contributed by atoms with Crippen molar-refractivity contribution in [2.24, 2.45) is 0 Å². The van der Waals surface area contributed by atoms with Gasteiger partial charge in [0.05, 0.1) is 11.9 Å². The van der Waals surface area contributed by atoms with Gasteiger partial charge in [0, 0.05) is 12.3 Å². The van der Waals surface area contributed by atoms with Crippen LogP contribution in [0, 0.1) is 0 Å². The molecule has 0 saturated carbocycles. The number of rotatable bonds is 1. The maximum absolute atomic E-state index is 10.1. The zero-order chi connectivity index (χ0) is 6.53. The molecule has 0 amide bonds. The highest BCUT2D eigenvalue weighted by Gasteiger charge is 2.11. The van der Waals surface area contributed by atoms with Crippen LogP contribution in [0.25, 0.3) is 0 Å². The van der Waals surface area contributed by atoms with E-state index in [-0.39, 0.29) is 5.25 Å². The Hall–Kier alpha value is -0.0600. The van der Waals surface area contributed by atoms with Crippen molar-refractivity contribution in [1.29, 1.82) is 0 Å². The van der Waals surface area contributed by atoms with E-state index in [0.717, 1.165) is 5.75 Å². The van der Waals surface area contributed by atoms with Crippen molar-refractivity contribution in [3.8, 4) is 0 Å². The monoisotopic (exact) mass is 146 g/mol. The van der Waals surface area contributed by atoms with Crippen LogP contribution in [0.1, 0.15) is 0 Å². The molecule has 1 aliphatic heterocycles. The lowest BCUT2D eigenvalue weighted by Gasteiger charge is -2.00. The summed E-state index contributed by atoms with van der Waals surface area (Å²) in [6, 6.07) is 0. The highest BCUT2D eigenvalue weighted by Crippen LogP contribution is 2.09. The third-order valence-electron chi connectivity index (χ3n) is 1.01. The fourth-order valence-electron chi connectivity index (χ4n) is 0.573. The Kier molecular flexibility index (Phi) is 3.03. The average Bonchev–Trinajstić information content (AvgIpc) is 2.13. The lowest BCUT2D eigenvalue weighted by molar-refractivity contribution is 0.0586. The van der Waals surface area contributed by atoms with Crippen LogP contribution in [-0.4, -0.2) is 30.4 Å². The molecule has 1 N–H and O–H groups in total. The fraction of sp³-hybridized carbons (Fsp3) is 0.800. The lowest BCUT2D eigenvalue weighted by Crippen LogP contribution is -2.22. The molecular weight excluding hydrogens is 138 g/mol. The lowest BCUT2D eigenvalue weighted by atomic mass is 10.5. The van der Waals surface area contributed by atoms with E-state index >= 15 is 0 Å².